The van der Waals surface area contributed by atoms with E-state index in [1.165, 1.54) is 12.1 Å². The first-order chi connectivity index (χ1) is 7.68. The quantitative estimate of drug-likeness (QED) is 0.536. The molecule has 0 amide bonds. The van der Waals surface area contributed by atoms with Gasteiger partial charge in [0.05, 0.1) is 4.92 Å². The van der Waals surface area contributed by atoms with Crippen LogP contribution in [0.2, 0.25) is 0 Å². The van der Waals surface area contributed by atoms with Crippen molar-refractivity contribution in [2.24, 2.45) is 5.92 Å². The lowest BCUT2D eigenvalue weighted by Gasteiger charge is -2.06. The van der Waals surface area contributed by atoms with E-state index in [0.29, 0.717) is 11.5 Å². The van der Waals surface area contributed by atoms with Crippen LogP contribution in [0, 0.1) is 16.0 Å². The first-order valence-corrected chi connectivity index (χ1v) is 5.51. The molecule has 4 nitrogen and oxygen atoms in total. The lowest BCUT2D eigenvalue weighted by molar-refractivity contribution is -0.384. The third kappa shape index (κ3) is 1.13. The molecule has 16 heavy (non-hydrogen) atoms. The summed E-state index contributed by atoms with van der Waals surface area (Å²) in [5.74, 6) is 0.529. The molecule has 0 spiro atoms. The molecule has 2 unspecified atom stereocenters. The smallest absolute Gasteiger partial charge is 0.270 e. The minimum Gasteiger partial charge on any atom is -0.294 e. The number of non-ortho nitro benzene ring substituents is 1. The van der Waals surface area contributed by atoms with E-state index < -0.39 is 4.92 Å². The van der Waals surface area contributed by atoms with Crippen molar-refractivity contribution < 1.29 is 9.72 Å². The maximum atomic E-state index is 12.0. The molecule has 0 aromatic heterocycles. The number of ketones is 1. The third-order valence-corrected chi connectivity index (χ3v) is 3.77. The number of hydrogen-bond acceptors (Lipinski definition) is 3. The molecule has 0 radical (unpaired) electrons. The molecule has 2 aliphatic carbocycles. The highest BCUT2D eigenvalue weighted by Gasteiger charge is 2.42. The summed E-state index contributed by atoms with van der Waals surface area (Å²) in [6.07, 6.45) is 3.07. The summed E-state index contributed by atoms with van der Waals surface area (Å²) >= 11 is 0. The highest BCUT2D eigenvalue weighted by molar-refractivity contribution is 6.04. The van der Waals surface area contributed by atoms with Crippen LogP contribution in [0.5, 0.6) is 0 Å². The van der Waals surface area contributed by atoms with Gasteiger partial charge < -0.3 is 0 Å². The number of carbonyl (C=O) groups excluding carboxylic acids is 1. The minimum atomic E-state index is -0.443. The van der Waals surface area contributed by atoms with Gasteiger partial charge in [0.2, 0.25) is 0 Å². The van der Waals surface area contributed by atoms with E-state index in [0.717, 1.165) is 24.8 Å². The number of rotatable bonds is 1. The van der Waals surface area contributed by atoms with Gasteiger partial charge in [0.1, 0.15) is 0 Å². The van der Waals surface area contributed by atoms with Gasteiger partial charge in [-0.1, -0.05) is 12.5 Å². The van der Waals surface area contributed by atoms with Gasteiger partial charge in [-0.25, -0.2) is 0 Å². The second-order valence-corrected chi connectivity index (χ2v) is 4.54. The Hall–Kier alpha value is -1.71. The normalized spacial score (nSPS) is 26.6. The topological polar surface area (TPSA) is 60.2 Å². The molecule has 3 rings (SSSR count). The van der Waals surface area contributed by atoms with E-state index in [-0.39, 0.29) is 17.4 Å². The molecule has 0 heterocycles. The van der Waals surface area contributed by atoms with Crippen LogP contribution >= 0.6 is 0 Å². The Morgan fingerprint density at radius 3 is 2.75 bits per heavy atom. The van der Waals surface area contributed by atoms with Crippen molar-refractivity contribution in [1.82, 2.24) is 0 Å². The Balaban J connectivity index is 2.12. The van der Waals surface area contributed by atoms with Gasteiger partial charge in [-0.05, 0) is 24.3 Å². The Morgan fingerprint density at radius 2 is 2.00 bits per heavy atom. The maximum absolute atomic E-state index is 12.0. The van der Waals surface area contributed by atoms with Gasteiger partial charge >= 0.3 is 0 Å². The van der Waals surface area contributed by atoms with Crippen molar-refractivity contribution >= 4 is 11.5 Å². The van der Waals surface area contributed by atoms with Crippen LogP contribution in [0.4, 0.5) is 5.69 Å². The lowest BCUT2D eigenvalue weighted by atomic mass is 9.96. The summed E-state index contributed by atoms with van der Waals surface area (Å²) in [4.78, 5) is 22.2. The summed E-state index contributed by atoms with van der Waals surface area (Å²) in [7, 11) is 0. The zero-order chi connectivity index (χ0) is 11.3. The van der Waals surface area contributed by atoms with E-state index in [1.54, 1.807) is 6.07 Å². The van der Waals surface area contributed by atoms with Crippen molar-refractivity contribution in [1.29, 1.82) is 0 Å². The van der Waals surface area contributed by atoms with Crippen LogP contribution in [-0.4, -0.2) is 10.7 Å². The van der Waals surface area contributed by atoms with Crippen LogP contribution < -0.4 is 0 Å². The molecule has 1 fully saturated rings. The largest absolute Gasteiger partial charge is 0.294 e. The van der Waals surface area contributed by atoms with E-state index in [1.807, 2.05) is 0 Å². The second kappa shape index (κ2) is 3.14. The number of benzene rings is 1. The van der Waals surface area contributed by atoms with Crippen molar-refractivity contribution in [2.75, 3.05) is 0 Å². The zero-order valence-corrected chi connectivity index (χ0v) is 8.68. The van der Waals surface area contributed by atoms with Crippen molar-refractivity contribution in [2.45, 2.75) is 25.2 Å². The molecule has 4 heteroatoms. The molecular weight excluding hydrogens is 206 g/mol. The van der Waals surface area contributed by atoms with E-state index in [2.05, 4.69) is 0 Å². The first-order valence-electron chi connectivity index (χ1n) is 5.51. The van der Waals surface area contributed by atoms with Crippen molar-refractivity contribution in [3.8, 4) is 0 Å². The van der Waals surface area contributed by atoms with Gasteiger partial charge in [-0.3, -0.25) is 14.9 Å². The zero-order valence-electron chi connectivity index (χ0n) is 8.68. The van der Waals surface area contributed by atoms with Crippen LogP contribution in [0.3, 0.4) is 0 Å². The first kappa shape index (κ1) is 9.51. The molecule has 2 aliphatic rings. The van der Waals surface area contributed by atoms with E-state index in [4.69, 9.17) is 0 Å². The number of Topliss-reactive ketones (excluding diaryl/α,β-unsaturated/α-hetero) is 1. The van der Waals surface area contributed by atoms with Gasteiger partial charge in [0.15, 0.2) is 5.78 Å². The summed E-state index contributed by atoms with van der Waals surface area (Å²) in [5, 5.41) is 10.6. The van der Waals surface area contributed by atoms with E-state index >= 15 is 0 Å². The fraction of sp³-hybridized carbons (Fsp3) is 0.417. The number of nitro benzene ring substituents is 1. The summed E-state index contributed by atoms with van der Waals surface area (Å²) < 4.78 is 0. The highest BCUT2D eigenvalue weighted by atomic mass is 16.6. The minimum absolute atomic E-state index is 0.0204. The predicted molar refractivity (Wildman–Crippen MR) is 57.5 cm³/mol. The lowest BCUT2D eigenvalue weighted by Crippen LogP contribution is -2.06. The number of hydrogen-bond donors (Lipinski definition) is 0. The van der Waals surface area contributed by atoms with Crippen LogP contribution in [0.1, 0.15) is 41.1 Å². The summed E-state index contributed by atoms with van der Waals surface area (Å²) in [5.41, 5.74) is 1.63. The molecule has 1 aromatic rings. The summed E-state index contributed by atoms with van der Waals surface area (Å²) in [6.45, 7) is 0. The molecule has 0 bridgehead atoms. The van der Waals surface area contributed by atoms with E-state index in [9.17, 15) is 14.9 Å². The van der Waals surface area contributed by atoms with Crippen LogP contribution in [-0.2, 0) is 0 Å². The van der Waals surface area contributed by atoms with Crippen molar-refractivity contribution in [3.63, 3.8) is 0 Å². The Bertz CT molecular complexity index is 495. The molecule has 1 saturated carbocycles. The molecule has 1 aromatic carbocycles. The van der Waals surface area contributed by atoms with Crippen LogP contribution in [0.15, 0.2) is 18.2 Å². The molecule has 82 valence electrons. The molecular formula is C12H11NO3. The average molecular weight is 217 g/mol. The number of fused-ring (bicyclic) bond motifs is 3. The SMILES string of the molecule is O=C1c2cc([N+](=O)[O-])ccc2C2CCCC12. The average Bonchev–Trinajstić information content (AvgIpc) is 2.83. The van der Waals surface area contributed by atoms with Crippen molar-refractivity contribution in [3.05, 3.63) is 39.4 Å². The standard InChI is InChI=1S/C12H11NO3/c14-12-10-3-1-2-8(10)9-5-4-7(13(15)16)6-11(9)12/h4-6,8,10H,1-3H2. The third-order valence-electron chi connectivity index (χ3n) is 3.77. The summed E-state index contributed by atoms with van der Waals surface area (Å²) in [6, 6.07) is 4.71. The highest BCUT2D eigenvalue weighted by Crippen LogP contribution is 2.48. The fourth-order valence-electron chi connectivity index (χ4n) is 3.04. The molecule has 0 saturated heterocycles. The Labute approximate surface area is 92.4 Å². The number of nitrogens with zero attached hydrogens (tertiary/aromatic N) is 1. The second-order valence-electron chi connectivity index (χ2n) is 4.54. The molecule has 0 aliphatic heterocycles. The monoisotopic (exact) mass is 217 g/mol. The number of carbonyl (C=O) groups is 1. The fourth-order valence-corrected chi connectivity index (χ4v) is 3.04. The van der Waals surface area contributed by atoms with Gasteiger partial charge in [-0.15, -0.1) is 0 Å². The maximum Gasteiger partial charge on any atom is 0.270 e. The molecule has 0 N–H and O–H groups in total. The van der Waals surface area contributed by atoms with Gasteiger partial charge in [-0.2, -0.15) is 0 Å². The number of nitro groups is 1. The van der Waals surface area contributed by atoms with Crippen LogP contribution in [0.25, 0.3) is 0 Å². The predicted octanol–water partition coefficient (Wildman–Crippen LogP) is 2.67. The molecule has 2 atom stereocenters. The van der Waals surface area contributed by atoms with Gasteiger partial charge in [0, 0.05) is 23.6 Å². The Morgan fingerprint density at radius 1 is 1.25 bits per heavy atom. The Kier molecular flexibility index (Phi) is 1.87. The van der Waals surface area contributed by atoms with Gasteiger partial charge in [0.25, 0.3) is 5.69 Å².